The molecule has 3 heterocycles. The van der Waals surface area contributed by atoms with Crippen LogP contribution in [0.1, 0.15) is 43.8 Å². The Bertz CT molecular complexity index is 718. The molecule has 0 aromatic heterocycles. The van der Waals surface area contributed by atoms with E-state index >= 15 is 0 Å². The maximum atomic E-state index is 6.38. The summed E-state index contributed by atoms with van der Waals surface area (Å²) in [6.45, 7) is 0.491. The predicted octanol–water partition coefficient (Wildman–Crippen LogP) is 3.67. The van der Waals surface area contributed by atoms with Crippen molar-refractivity contribution in [3.63, 3.8) is 0 Å². The molecule has 4 aliphatic rings. The zero-order valence-electron chi connectivity index (χ0n) is 14.9. The molecule has 1 aliphatic carbocycles. The number of benzene rings is 1. The fraction of sp³-hybridized carbons (Fsp3) is 0.600. The maximum Gasteiger partial charge on any atom is 0.231 e. The quantitative estimate of drug-likeness (QED) is 0.747. The molecule has 1 saturated heterocycles. The summed E-state index contributed by atoms with van der Waals surface area (Å²) in [5.41, 5.74) is 0.537. The van der Waals surface area contributed by atoms with Crippen molar-refractivity contribution in [2.24, 2.45) is 5.41 Å². The lowest BCUT2D eigenvalue weighted by molar-refractivity contribution is -0.194. The highest BCUT2D eigenvalue weighted by Crippen LogP contribution is 2.64. The largest absolute Gasteiger partial charge is 0.473 e. The van der Waals surface area contributed by atoms with Crippen molar-refractivity contribution in [3.05, 3.63) is 36.1 Å². The van der Waals surface area contributed by atoms with Crippen molar-refractivity contribution in [2.75, 3.05) is 20.7 Å². The number of methoxy groups -OCH3 is 1. The molecule has 26 heavy (non-hydrogen) atoms. The summed E-state index contributed by atoms with van der Waals surface area (Å²) in [4.78, 5) is 0. The van der Waals surface area contributed by atoms with Crippen LogP contribution in [0.2, 0.25) is 0 Å². The third kappa shape index (κ3) is 2.29. The first-order valence-electron chi connectivity index (χ1n) is 9.27. The molecule has 140 valence electrons. The molecule has 0 N–H and O–H groups in total. The molecule has 5 rings (SSSR count). The lowest BCUT2D eigenvalue weighted by Gasteiger charge is -2.50. The SMILES string of the molecule is COCO[C@@H](c1ccc2c(c1)OCO2)[C@@]12CCCC[C@@]13C=CO[C@@H](C2)O3. The first-order chi connectivity index (χ1) is 12.8. The molecule has 6 heteroatoms. The van der Waals surface area contributed by atoms with Crippen molar-refractivity contribution >= 4 is 0 Å². The van der Waals surface area contributed by atoms with Gasteiger partial charge in [-0.3, -0.25) is 0 Å². The van der Waals surface area contributed by atoms with Gasteiger partial charge >= 0.3 is 0 Å². The second-order valence-electron chi connectivity index (χ2n) is 7.51. The molecule has 3 aliphatic heterocycles. The lowest BCUT2D eigenvalue weighted by Crippen LogP contribution is -2.50. The van der Waals surface area contributed by atoms with Crippen LogP contribution in [-0.2, 0) is 18.9 Å². The minimum atomic E-state index is -0.344. The van der Waals surface area contributed by atoms with Gasteiger partial charge in [-0.25, -0.2) is 0 Å². The lowest BCUT2D eigenvalue weighted by atomic mass is 9.58. The van der Waals surface area contributed by atoms with Crippen molar-refractivity contribution in [1.29, 1.82) is 0 Å². The van der Waals surface area contributed by atoms with Gasteiger partial charge in [0.15, 0.2) is 11.5 Å². The molecular formula is C20H24O6. The molecular weight excluding hydrogens is 336 g/mol. The van der Waals surface area contributed by atoms with Crippen molar-refractivity contribution in [2.45, 2.75) is 50.1 Å². The average molecular weight is 360 g/mol. The van der Waals surface area contributed by atoms with Gasteiger partial charge in [-0.1, -0.05) is 18.9 Å². The van der Waals surface area contributed by atoms with Crippen LogP contribution in [0.5, 0.6) is 11.5 Å². The van der Waals surface area contributed by atoms with E-state index in [1.54, 1.807) is 7.11 Å². The highest BCUT2D eigenvalue weighted by molar-refractivity contribution is 5.46. The number of fused-ring (bicyclic) bond motifs is 2. The Balaban J connectivity index is 1.59. The summed E-state index contributed by atoms with van der Waals surface area (Å²) >= 11 is 0. The van der Waals surface area contributed by atoms with Gasteiger partial charge in [0.05, 0.1) is 12.4 Å². The maximum absolute atomic E-state index is 6.38. The van der Waals surface area contributed by atoms with Gasteiger partial charge in [0, 0.05) is 18.9 Å². The number of hydrogen-bond acceptors (Lipinski definition) is 6. The van der Waals surface area contributed by atoms with Crippen molar-refractivity contribution < 1.29 is 28.4 Å². The Morgan fingerprint density at radius 1 is 1.19 bits per heavy atom. The normalized spacial score (nSPS) is 35.0. The molecule has 1 spiro atoms. The Kier molecular flexibility index (Phi) is 3.88. The van der Waals surface area contributed by atoms with Gasteiger partial charge in [0.2, 0.25) is 13.1 Å². The summed E-state index contributed by atoms with van der Waals surface area (Å²) in [5.74, 6) is 1.54. The van der Waals surface area contributed by atoms with Gasteiger partial charge in [0.1, 0.15) is 12.4 Å². The number of ether oxygens (including phenoxy) is 6. The van der Waals surface area contributed by atoms with Crippen LogP contribution in [0.15, 0.2) is 30.5 Å². The van der Waals surface area contributed by atoms with Gasteiger partial charge in [-0.2, -0.15) is 0 Å². The Hall–Kier alpha value is -1.76. The van der Waals surface area contributed by atoms with Crippen LogP contribution >= 0.6 is 0 Å². The van der Waals surface area contributed by atoms with Gasteiger partial charge in [-0.05, 0) is 36.6 Å². The first-order valence-corrected chi connectivity index (χ1v) is 9.27. The summed E-state index contributed by atoms with van der Waals surface area (Å²) in [6.07, 6.45) is 8.67. The molecule has 2 fully saturated rings. The molecule has 1 aromatic carbocycles. The van der Waals surface area contributed by atoms with Crippen LogP contribution in [0.4, 0.5) is 0 Å². The monoisotopic (exact) mass is 360 g/mol. The summed E-state index contributed by atoms with van der Waals surface area (Å²) < 4.78 is 34.7. The smallest absolute Gasteiger partial charge is 0.231 e. The van der Waals surface area contributed by atoms with E-state index in [1.807, 2.05) is 18.4 Å². The number of hydrogen-bond donors (Lipinski definition) is 0. The second-order valence-corrected chi connectivity index (χ2v) is 7.51. The van der Waals surface area contributed by atoms with Crippen molar-refractivity contribution in [1.82, 2.24) is 0 Å². The highest BCUT2D eigenvalue weighted by Gasteiger charge is 2.65. The third-order valence-corrected chi connectivity index (χ3v) is 6.26. The van der Waals surface area contributed by atoms with Crippen molar-refractivity contribution in [3.8, 4) is 11.5 Å². The van der Waals surface area contributed by atoms with Crippen LogP contribution in [-0.4, -0.2) is 32.6 Å². The van der Waals surface area contributed by atoms with Gasteiger partial charge in [0.25, 0.3) is 0 Å². The van der Waals surface area contributed by atoms with Gasteiger partial charge in [-0.15, -0.1) is 0 Å². The van der Waals surface area contributed by atoms with Gasteiger partial charge < -0.3 is 28.4 Å². The fourth-order valence-corrected chi connectivity index (χ4v) is 5.16. The fourth-order valence-electron chi connectivity index (χ4n) is 5.16. The summed E-state index contributed by atoms with van der Waals surface area (Å²) in [5, 5.41) is 0. The molecule has 0 unspecified atom stereocenters. The minimum absolute atomic E-state index is 0.173. The standard InChI is InChI=1S/C20H24O6/c1-21-12-25-18(14-4-5-15-16(10-14)24-13-23-15)19-6-2-3-7-20(19)8-9-22-17(11-19)26-20/h4-5,8-10,17-18H,2-3,6-7,11-13H2,1H3/t17-,18+,19+,20-/m1/s1. The zero-order valence-corrected chi connectivity index (χ0v) is 14.9. The van der Waals surface area contributed by atoms with Crippen LogP contribution < -0.4 is 9.47 Å². The van der Waals surface area contributed by atoms with Crippen LogP contribution in [0, 0.1) is 5.41 Å². The molecule has 2 bridgehead atoms. The van der Waals surface area contributed by atoms with E-state index in [2.05, 4.69) is 12.1 Å². The Labute approximate surface area is 153 Å². The van der Waals surface area contributed by atoms with E-state index in [1.165, 1.54) is 0 Å². The van der Waals surface area contributed by atoms with E-state index in [0.717, 1.165) is 49.2 Å². The predicted molar refractivity (Wildman–Crippen MR) is 91.6 cm³/mol. The molecule has 1 saturated carbocycles. The summed E-state index contributed by atoms with van der Waals surface area (Å²) in [7, 11) is 1.65. The topological polar surface area (TPSA) is 55.4 Å². The number of rotatable bonds is 5. The average Bonchev–Trinajstić information content (AvgIpc) is 3.21. The van der Waals surface area contributed by atoms with E-state index < -0.39 is 0 Å². The molecule has 1 aromatic rings. The second kappa shape index (κ2) is 6.15. The molecule has 0 amide bonds. The first kappa shape index (κ1) is 16.4. The van der Waals surface area contributed by atoms with E-state index in [9.17, 15) is 0 Å². The third-order valence-electron chi connectivity index (χ3n) is 6.26. The van der Waals surface area contributed by atoms with Crippen LogP contribution in [0.25, 0.3) is 0 Å². The molecule has 6 nitrogen and oxygen atoms in total. The Morgan fingerprint density at radius 3 is 3.00 bits per heavy atom. The van der Waals surface area contributed by atoms with E-state index in [0.29, 0.717) is 0 Å². The minimum Gasteiger partial charge on any atom is -0.473 e. The Morgan fingerprint density at radius 2 is 2.08 bits per heavy atom. The highest BCUT2D eigenvalue weighted by atomic mass is 16.7. The summed E-state index contributed by atoms with van der Waals surface area (Å²) in [6, 6.07) is 6.06. The zero-order chi connectivity index (χ0) is 17.6. The van der Waals surface area contributed by atoms with E-state index in [-0.39, 0.29) is 37.0 Å². The van der Waals surface area contributed by atoms with E-state index in [4.69, 9.17) is 28.4 Å². The van der Waals surface area contributed by atoms with Crippen LogP contribution in [0.3, 0.4) is 0 Å². The molecule has 4 atom stereocenters. The molecule has 0 radical (unpaired) electrons.